The second kappa shape index (κ2) is 1.20. The molecule has 1 atom stereocenters. The van der Waals surface area contributed by atoms with Gasteiger partial charge < -0.3 is 4.74 Å². The van der Waals surface area contributed by atoms with E-state index in [0.717, 1.165) is 0 Å². The van der Waals surface area contributed by atoms with Gasteiger partial charge in [0.1, 0.15) is 11.8 Å². The van der Waals surface area contributed by atoms with Crippen LogP contribution in [0.5, 0.6) is 0 Å². The van der Waals surface area contributed by atoms with E-state index in [1.807, 2.05) is 7.05 Å². The molecule has 0 spiro atoms. The molecule has 0 aliphatic carbocycles. The van der Waals surface area contributed by atoms with Gasteiger partial charge in [-0.15, -0.1) is 0 Å². The monoisotopic (exact) mass is 101 g/mol. The van der Waals surface area contributed by atoms with Crippen molar-refractivity contribution >= 4 is 0 Å². The number of nitrogens with one attached hydrogen (secondary N) is 1. The van der Waals surface area contributed by atoms with Crippen LogP contribution < -0.4 is 5.32 Å². The molecule has 1 N–H and O–H groups in total. The SMILES string of the molecule is CNC1OC1(C)C. The Morgan fingerprint density at radius 2 is 2.00 bits per heavy atom. The minimum Gasteiger partial charge on any atom is -0.350 e. The third kappa shape index (κ3) is 0.763. The minimum atomic E-state index is 0.106. The Balaban J connectivity index is 2.30. The van der Waals surface area contributed by atoms with Crippen LogP contribution in [-0.4, -0.2) is 18.9 Å². The van der Waals surface area contributed by atoms with Gasteiger partial charge in [-0.2, -0.15) is 0 Å². The lowest BCUT2D eigenvalue weighted by Gasteiger charge is -1.89. The van der Waals surface area contributed by atoms with Crippen LogP contribution in [0.1, 0.15) is 13.8 Å². The largest absolute Gasteiger partial charge is 0.350 e. The van der Waals surface area contributed by atoms with Crippen LogP contribution in [0.2, 0.25) is 0 Å². The molecule has 0 aromatic carbocycles. The fourth-order valence-electron chi connectivity index (χ4n) is 0.676. The Bertz CT molecular complexity index is 80.1. The first-order valence-corrected chi connectivity index (χ1v) is 2.52. The first-order chi connectivity index (χ1) is 3.17. The Kier molecular flexibility index (Phi) is 0.869. The minimum absolute atomic E-state index is 0.106. The first kappa shape index (κ1) is 5.06. The van der Waals surface area contributed by atoms with E-state index in [9.17, 15) is 0 Å². The van der Waals surface area contributed by atoms with Crippen molar-refractivity contribution in [2.24, 2.45) is 0 Å². The molecule has 0 aromatic rings. The molecule has 1 rings (SSSR count). The molecule has 0 aromatic heterocycles. The smallest absolute Gasteiger partial charge is 0.137 e. The molecule has 0 radical (unpaired) electrons. The van der Waals surface area contributed by atoms with E-state index in [1.54, 1.807) is 0 Å². The quantitative estimate of drug-likeness (QED) is 0.482. The molecule has 1 unspecified atom stereocenters. The summed E-state index contributed by atoms with van der Waals surface area (Å²) >= 11 is 0. The van der Waals surface area contributed by atoms with E-state index in [-0.39, 0.29) is 5.60 Å². The van der Waals surface area contributed by atoms with Crippen molar-refractivity contribution in [2.45, 2.75) is 25.7 Å². The summed E-state index contributed by atoms with van der Waals surface area (Å²) in [6.45, 7) is 4.13. The number of epoxide rings is 1. The molecule has 7 heavy (non-hydrogen) atoms. The van der Waals surface area contributed by atoms with Crippen LogP contribution in [0.15, 0.2) is 0 Å². The molecule has 1 saturated heterocycles. The van der Waals surface area contributed by atoms with Crippen molar-refractivity contribution < 1.29 is 4.74 Å². The predicted octanol–water partition coefficient (Wildman–Crippen LogP) is 0.341. The molecule has 0 saturated carbocycles. The van der Waals surface area contributed by atoms with E-state index in [0.29, 0.717) is 6.23 Å². The van der Waals surface area contributed by atoms with Crippen LogP contribution in [0.25, 0.3) is 0 Å². The van der Waals surface area contributed by atoms with Gasteiger partial charge >= 0.3 is 0 Å². The summed E-state index contributed by atoms with van der Waals surface area (Å²) in [6, 6.07) is 0. The van der Waals surface area contributed by atoms with Crippen LogP contribution in [0.3, 0.4) is 0 Å². The lowest BCUT2D eigenvalue weighted by atomic mass is 10.2. The van der Waals surface area contributed by atoms with Crippen LogP contribution in [0, 0.1) is 0 Å². The van der Waals surface area contributed by atoms with Gasteiger partial charge in [0, 0.05) is 0 Å². The average Bonchev–Trinajstić information content (AvgIpc) is 2.13. The molecule has 0 amide bonds. The maximum Gasteiger partial charge on any atom is 0.137 e. The summed E-state index contributed by atoms with van der Waals surface area (Å²) in [6.07, 6.45) is 0.299. The predicted molar refractivity (Wildman–Crippen MR) is 28.0 cm³/mol. The highest BCUT2D eigenvalue weighted by molar-refractivity contribution is 4.91. The summed E-state index contributed by atoms with van der Waals surface area (Å²) < 4.78 is 5.14. The highest BCUT2D eigenvalue weighted by Gasteiger charge is 2.46. The van der Waals surface area contributed by atoms with Gasteiger partial charge in [0.15, 0.2) is 0 Å². The zero-order chi connectivity index (χ0) is 5.49. The summed E-state index contributed by atoms with van der Waals surface area (Å²) in [4.78, 5) is 0. The fourth-order valence-corrected chi connectivity index (χ4v) is 0.676. The van der Waals surface area contributed by atoms with Gasteiger partial charge in [0.05, 0.1) is 0 Å². The highest BCUT2D eigenvalue weighted by atomic mass is 16.6. The van der Waals surface area contributed by atoms with Crippen molar-refractivity contribution in [3.05, 3.63) is 0 Å². The number of likely N-dealkylation sites (N-methyl/N-ethyl adjacent to an activating group) is 1. The zero-order valence-electron chi connectivity index (χ0n) is 4.99. The van der Waals surface area contributed by atoms with E-state index in [4.69, 9.17) is 4.74 Å². The number of hydrogen-bond acceptors (Lipinski definition) is 2. The maximum atomic E-state index is 5.14. The Morgan fingerprint density at radius 3 is 2.00 bits per heavy atom. The van der Waals surface area contributed by atoms with E-state index in [1.165, 1.54) is 0 Å². The Hall–Kier alpha value is -0.0800. The molecule has 0 bridgehead atoms. The summed E-state index contributed by atoms with van der Waals surface area (Å²) in [5.74, 6) is 0. The average molecular weight is 101 g/mol. The van der Waals surface area contributed by atoms with Crippen molar-refractivity contribution in [2.75, 3.05) is 7.05 Å². The molecular formula is C5H11NO. The first-order valence-electron chi connectivity index (χ1n) is 2.52. The topological polar surface area (TPSA) is 24.6 Å². The molecule has 2 heteroatoms. The lowest BCUT2D eigenvalue weighted by Crippen LogP contribution is -2.17. The van der Waals surface area contributed by atoms with Gasteiger partial charge in [0.25, 0.3) is 0 Å². The molecule has 42 valence electrons. The second-order valence-corrected chi connectivity index (χ2v) is 2.39. The molecule has 1 aliphatic rings. The van der Waals surface area contributed by atoms with Gasteiger partial charge in [0.2, 0.25) is 0 Å². The van der Waals surface area contributed by atoms with Gasteiger partial charge in [-0.25, -0.2) is 0 Å². The third-order valence-corrected chi connectivity index (χ3v) is 1.26. The van der Waals surface area contributed by atoms with E-state index < -0.39 is 0 Å². The lowest BCUT2D eigenvalue weighted by molar-refractivity contribution is 0.315. The van der Waals surface area contributed by atoms with Crippen molar-refractivity contribution in [1.29, 1.82) is 0 Å². The van der Waals surface area contributed by atoms with Crippen molar-refractivity contribution in [3.8, 4) is 0 Å². The Labute approximate surface area is 43.9 Å². The standard InChI is InChI=1S/C5H11NO/c1-5(2)4(6-3)7-5/h4,6H,1-3H3. The number of ether oxygens (including phenoxy) is 1. The number of hydrogen-bond donors (Lipinski definition) is 1. The van der Waals surface area contributed by atoms with Gasteiger partial charge in [-0.05, 0) is 20.9 Å². The fraction of sp³-hybridized carbons (Fsp3) is 1.00. The molecule has 2 nitrogen and oxygen atoms in total. The summed E-state index contributed by atoms with van der Waals surface area (Å²) in [5, 5.41) is 3.01. The zero-order valence-corrected chi connectivity index (χ0v) is 4.99. The van der Waals surface area contributed by atoms with E-state index >= 15 is 0 Å². The van der Waals surface area contributed by atoms with Crippen LogP contribution >= 0.6 is 0 Å². The Morgan fingerprint density at radius 1 is 1.57 bits per heavy atom. The summed E-state index contributed by atoms with van der Waals surface area (Å²) in [5.41, 5.74) is 0.106. The number of rotatable bonds is 1. The maximum absolute atomic E-state index is 5.14. The van der Waals surface area contributed by atoms with E-state index in [2.05, 4.69) is 19.2 Å². The second-order valence-electron chi connectivity index (χ2n) is 2.39. The highest BCUT2D eigenvalue weighted by Crippen LogP contribution is 2.31. The van der Waals surface area contributed by atoms with Gasteiger partial charge in [-0.3, -0.25) is 5.32 Å². The summed E-state index contributed by atoms with van der Waals surface area (Å²) in [7, 11) is 1.90. The third-order valence-electron chi connectivity index (χ3n) is 1.26. The van der Waals surface area contributed by atoms with Gasteiger partial charge in [-0.1, -0.05) is 0 Å². The van der Waals surface area contributed by atoms with Crippen LogP contribution in [0.4, 0.5) is 0 Å². The van der Waals surface area contributed by atoms with Crippen molar-refractivity contribution in [3.63, 3.8) is 0 Å². The molecule has 1 fully saturated rings. The normalized spacial score (nSPS) is 35.6. The molecule has 1 heterocycles. The molecule has 1 aliphatic heterocycles. The van der Waals surface area contributed by atoms with Crippen molar-refractivity contribution in [1.82, 2.24) is 5.32 Å². The van der Waals surface area contributed by atoms with Crippen LogP contribution in [-0.2, 0) is 4.74 Å². The molecular weight excluding hydrogens is 90.1 g/mol.